The number of aromatic amines is 1. The van der Waals surface area contributed by atoms with Crippen LogP contribution in [-0.2, 0) is 16.0 Å². The van der Waals surface area contributed by atoms with E-state index in [1.165, 1.54) is 0 Å². The second-order valence-corrected chi connectivity index (χ2v) is 3.17. The van der Waals surface area contributed by atoms with Gasteiger partial charge >= 0.3 is 0 Å². The molecule has 0 aliphatic carbocycles. The second-order valence-electron chi connectivity index (χ2n) is 3.17. The van der Waals surface area contributed by atoms with Gasteiger partial charge in [0.05, 0.1) is 19.0 Å². The molecule has 1 rings (SSSR count). The van der Waals surface area contributed by atoms with E-state index in [2.05, 4.69) is 15.3 Å². The lowest BCUT2D eigenvalue weighted by Gasteiger charge is -2.10. The lowest BCUT2D eigenvalue weighted by atomic mass is 10.1. The van der Waals surface area contributed by atoms with Crippen LogP contribution in [0.5, 0.6) is 0 Å². The zero-order valence-corrected chi connectivity index (χ0v) is 8.69. The average molecular weight is 212 g/mol. The number of rotatable bonds is 6. The summed E-state index contributed by atoms with van der Waals surface area (Å²) in [6.07, 6.45) is 3.67. The first-order valence-electron chi connectivity index (χ1n) is 4.73. The molecule has 4 N–H and O–H groups in total. The zero-order chi connectivity index (χ0) is 11.1. The standard InChI is InChI=1S/C9H16N4O2/c1-15-3-2-12-9(14)8(10)4-7-5-11-6-13-7/h5-6,8H,2-4,10H2,1H3,(H,11,13)(H,12,14)/t8-/m1/s1. The first kappa shape index (κ1) is 11.7. The van der Waals surface area contributed by atoms with Crippen molar-refractivity contribution in [3.05, 3.63) is 18.2 Å². The molecule has 0 aliphatic heterocycles. The number of amides is 1. The minimum atomic E-state index is -0.553. The van der Waals surface area contributed by atoms with Crippen molar-refractivity contribution in [3.8, 4) is 0 Å². The van der Waals surface area contributed by atoms with Gasteiger partial charge in [-0.1, -0.05) is 0 Å². The molecule has 0 radical (unpaired) electrons. The van der Waals surface area contributed by atoms with Gasteiger partial charge in [0.1, 0.15) is 0 Å². The fraction of sp³-hybridized carbons (Fsp3) is 0.556. The topological polar surface area (TPSA) is 93.0 Å². The largest absolute Gasteiger partial charge is 0.383 e. The first-order chi connectivity index (χ1) is 7.24. The number of carbonyl (C=O) groups excluding carboxylic acids is 1. The van der Waals surface area contributed by atoms with Crippen LogP contribution in [0, 0.1) is 0 Å². The van der Waals surface area contributed by atoms with Gasteiger partial charge in [0, 0.05) is 32.0 Å². The van der Waals surface area contributed by atoms with Crippen LogP contribution in [0.2, 0.25) is 0 Å². The summed E-state index contributed by atoms with van der Waals surface area (Å²) in [5.41, 5.74) is 6.54. The summed E-state index contributed by atoms with van der Waals surface area (Å²) in [7, 11) is 1.58. The van der Waals surface area contributed by atoms with Crippen LogP contribution in [0.1, 0.15) is 5.69 Å². The lowest BCUT2D eigenvalue weighted by Crippen LogP contribution is -2.43. The van der Waals surface area contributed by atoms with E-state index in [0.717, 1.165) is 5.69 Å². The number of ether oxygens (including phenoxy) is 1. The number of carbonyl (C=O) groups is 1. The van der Waals surface area contributed by atoms with Crippen molar-refractivity contribution in [1.82, 2.24) is 15.3 Å². The van der Waals surface area contributed by atoms with Gasteiger partial charge in [0.25, 0.3) is 0 Å². The molecule has 15 heavy (non-hydrogen) atoms. The third-order valence-corrected chi connectivity index (χ3v) is 1.94. The number of nitrogens with two attached hydrogens (primary N) is 1. The van der Waals surface area contributed by atoms with Gasteiger partial charge in [-0.2, -0.15) is 0 Å². The number of hydrogen-bond donors (Lipinski definition) is 3. The Bertz CT molecular complexity index is 286. The molecule has 1 heterocycles. The zero-order valence-electron chi connectivity index (χ0n) is 8.69. The Morgan fingerprint density at radius 1 is 1.80 bits per heavy atom. The van der Waals surface area contributed by atoms with Crippen molar-refractivity contribution >= 4 is 5.91 Å². The van der Waals surface area contributed by atoms with Crippen LogP contribution in [0.15, 0.2) is 12.5 Å². The second kappa shape index (κ2) is 6.15. The highest BCUT2D eigenvalue weighted by atomic mass is 16.5. The van der Waals surface area contributed by atoms with Crippen LogP contribution in [-0.4, -0.2) is 42.2 Å². The Morgan fingerprint density at radius 2 is 2.60 bits per heavy atom. The molecule has 0 bridgehead atoms. The van der Waals surface area contributed by atoms with E-state index in [1.807, 2.05) is 0 Å². The van der Waals surface area contributed by atoms with Gasteiger partial charge < -0.3 is 20.8 Å². The molecular weight excluding hydrogens is 196 g/mol. The molecule has 0 spiro atoms. The van der Waals surface area contributed by atoms with Crippen molar-refractivity contribution in [2.24, 2.45) is 5.73 Å². The quantitative estimate of drug-likeness (QED) is 0.530. The Hall–Kier alpha value is -1.40. The molecule has 1 atom stereocenters. The predicted molar refractivity (Wildman–Crippen MR) is 55.2 cm³/mol. The van der Waals surface area contributed by atoms with Gasteiger partial charge in [-0.05, 0) is 0 Å². The molecule has 84 valence electrons. The van der Waals surface area contributed by atoms with E-state index in [0.29, 0.717) is 19.6 Å². The summed E-state index contributed by atoms with van der Waals surface area (Å²) >= 11 is 0. The Kier molecular flexibility index (Phi) is 4.79. The van der Waals surface area contributed by atoms with Gasteiger partial charge in [0.2, 0.25) is 5.91 Å². The molecule has 0 aromatic carbocycles. The molecule has 1 aromatic heterocycles. The molecule has 0 aliphatic rings. The van der Waals surface area contributed by atoms with Crippen LogP contribution < -0.4 is 11.1 Å². The predicted octanol–water partition coefficient (Wildman–Crippen LogP) is -0.958. The molecule has 0 fully saturated rings. The van der Waals surface area contributed by atoms with Crippen molar-refractivity contribution in [1.29, 1.82) is 0 Å². The lowest BCUT2D eigenvalue weighted by molar-refractivity contribution is -0.122. The highest BCUT2D eigenvalue weighted by Gasteiger charge is 2.13. The monoisotopic (exact) mass is 212 g/mol. The van der Waals surface area contributed by atoms with Gasteiger partial charge in [-0.3, -0.25) is 4.79 Å². The van der Waals surface area contributed by atoms with Gasteiger partial charge in [0.15, 0.2) is 0 Å². The molecule has 1 aromatic rings. The molecule has 6 heteroatoms. The summed E-state index contributed by atoms with van der Waals surface area (Å²) in [6, 6.07) is -0.553. The normalized spacial score (nSPS) is 12.4. The van der Waals surface area contributed by atoms with Crippen molar-refractivity contribution < 1.29 is 9.53 Å². The molecule has 0 saturated carbocycles. The van der Waals surface area contributed by atoms with Crippen molar-refractivity contribution in [2.75, 3.05) is 20.3 Å². The van der Waals surface area contributed by atoms with E-state index in [9.17, 15) is 4.79 Å². The van der Waals surface area contributed by atoms with E-state index in [-0.39, 0.29) is 5.91 Å². The Balaban J connectivity index is 2.27. The van der Waals surface area contributed by atoms with Crippen LogP contribution in [0.4, 0.5) is 0 Å². The summed E-state index contributed by atoms with van der Waals surface area (Å²) in [6.45, 7) is 0.967. The fourth-order valence-corrected chi connectivity index (χ4v) is 1.13. The minimum Gasteiger partial charge on any atom is -0.383 e. The van der Waals surface area contributed by atoms with E-state index >= 15 is 0 Å². The number of hydrogen-bond acceptors (Lipinski definition) is 4. The summed E-state index contributed by atoms with van der Waals surface area (Å²) < 4.78 is 4.81. The fourth-order valence-electron chi connectivity index (χ4n) is 1.13. The smallest absolute Gasteiger partial charge is 0.237 e. The number of imidazole rings is 1. The maximum absolute atomic E-state index is 11.4. The third-order valence-electron chi connectivity index (χ3n) is 1.94. The van der Waals surface area contributed by atoms with Crippen molar-refractivity contribution in [2.45, 2.75) is 12.5 Å². The number of nitrogens with one attached hydrogen (secondary N) is 2. The molecule has 0 unspecified atom stereocenters. The SMILES string of the molecule is COCCNC(=O)[C@H](N)Cc1cnc[nH]1. The third kappa shape index (κ3) is 4.09. The number of methoxy groups -OCH3 is 1. The van der Waals surface area contributed by atoms with E-state index < -0.39 is 6.04 Å². The Morgan fingerprint density at radius 3 is 3.20 bits per heavy atom. The molecule has 0 saturated heterocycles. The first-order valence-corrected chi connectivity index (χ1v) is 4.73. The molecule has 1 amide bonds. The van der Waals surface area contributed by atoms with Crippen molar-refractivity contribution in [3.63, 3.8) is 0 Å². The van der Waals surface area contributed by atoms with E-state index in [1.54, 1.807) is 19.6 Å². The maximum Gasteiger partial charge on any atom is 0.237 e. The van der Waals surface area contributed by atoms with Crippen LogP contribution in [0.3, 0.4) is 0 Å². The highest BCUT2D eigenvalue weighted by molar-refractivity contribution is 5.81. The Labute approximate surface area is 88.2 Å². The average Bonchev–Trinajstić information content (AvgIpc) is 2.70. The minimum absolute atomic E-state index is 0.179. The van der Waals surface area contributed by atoms with Crippen LogP contribution >= 0.6 is 0 Å². The number of nitrogens with zero attached hydrogens (tertiary/aromatic N) is 1. The number of H-pyrrole nitrogens is 1. The van der Waals surface area contributed by atoms with Crippen LogP contribution in [0.25, 0.3) is 0 Å². The molecular formula is C9H16N4O2. The summed E-state index contributed by atoms with van der Waals surface area (Å²) in [5.74, 6) is -0.179. The summed E-state index contributed by atoms with van der Waals surface area (Å²) in [4.78, 5) is 18.2. The highest BCUT2D eigenvalue weighted by Crippen LogP contribution is 1.95. The van der Waals surface area contributed by atoms with Gasteiger partial charge in [-0.15, -0.1) is 0 Å². The number of aromatic nitrogens is 2. The maximum atomic E-state index is 11.4. The van der Waals surface area contributed by atoms with Gasteiger partial charge in [-0.25, -0.2) is 4.98 Å². The molecule has 6 nitrogen and oxygen atoms in total. The summed E-state index contributed by atoms with van der Waals surface area (Å²) in [5, 5.41) is 2.67. The van der Waals surface area contributed by atoms with E-state index in [4.69, 9.17) is 10.5 Å².